The molecule has 0 spiro atoms. The van der Waals surface area contributed by atoms with E-state index < -0.39 is 0 Å². The first-order valence-electron chi connectivity index (χ1n) is 13.3. The number of H-pyrrole nitrogens is 1. The maximum absolute atomic E-state index is 6.27. The quantitative estimate of drug-likeness (QED) is 0.298. The van der Waals surface area contributed by atoms with E-state index in [4.69, 9.17) is 8.83 Å². The summed E-state index contributed by atoms with van der Waals surface area (Å²) in [6.07, 6.45) is 11.0. The molecule has 1 saturated heterocycles. The average Bonchev–Trinajstić information content (AvgIpc) is 3.68. The minimum atomic E-state index is 0.318. The monoisotopic (exact) mass is 481 g/mol. The Kier molecular flexibility index (Phi) is 5.58. The molecule has 1 aliphatic heterocycles. The first kappa shape index (κ1) is 21.8. The van der Waals surface area contributed by atoms with Crippen LogP contribution in [0.2, 0.25) is 0 Å². The van der Waals surface area contributed by atoms with Crippen LogP contribution < -0.4 is 0 Å². The van der Waals surface area contributed by atoms with Crippen LogP contribution in [0.1, 0.15) is 56.8 Å². The van der Waals surface area contributed by atoms with E-state index in [9.17, 15) is 0 Å². The van der Waals surface area contributed by atoms with Crippen LogP contribution in [0.3, 0.4) is 0 Å². The summed E-state index contributed by atoms with van der Waals surface area (Å²) in [6.45, 7) is 3.44. The largest absolute Gasteiger partial charge is 0.464 e. The minimum Gasteiger partial charge on any atom is -0.464 e. The SMILES string of the molecule is c1cc2cc(-c3n[nH]c4ccc(-c5nnc([C@@H]6CCCN(CC7CCCCC7)C6)o5)cc34)ccc2o1. The number of furan rings is 1. The molecule has 5 aromatic rings. The van der Waals surface area contributed by atoms with E-state index in [2.05, 4.69) is 37.4 Å². The second-order valence-electron chi connectivity index (χ2n) is 10.6. The van der Waals surface area contributed by atoms with Crippen LogP contribution in [0, 0.1) is 5.92 Å². The van der Waals surface area contributed by atoms with E-state index >= 15 is 0 Å². The molecule has 2 aliphatic rings. The molecule has 7 rings (SSSR count). The van der Waals surface area contributed by atoms with Crippen molar-refractivity contribution < 1.29 is 8.83 Å². The second kappa shape index (κ2) is 9.21. The van der Waals surface area contributed by atoms with Crippen molar-refractivity contribution in [3.63, 3.8) is 0 Å². The summed E-state index contributed by atoms with van der Waals surface area (Å²) in [5.41, 5.74) is 4.71. The summed E-state index contributed by atoms with van der Waals surface area (Å²) >= 11 is 0. The normalized spacial score (nSPS) is 19.9. The van der Waals surface area contributed by atoms with E-state index in [1.807, 2.05) is 30.3 Å². The fraction of sp³-hybridized carbons (Fsp3) is 0.414. The first-order chi connectivity index (χ1) is 17.8. The molecule has 2 aromatic carbocycles. The van der Waals surface area contributed by atoms with Crippen LogP contribution >= 0.6 is 0 Å². The lowest BCUT2D eigenvalue weighted by atomic mass is 9.88. The van der Waals surface area contributed by atoms with Crippen molar-refractivity contribution in [1.29, 1.82) is 0 Å². The Bertz CT molecular complexity index is 1490. The van der Waals surface area contributed by atoms with Gasteiger partial charge in [0.2, 0.25) is 11.8 Å². The Morgan fingerprint density at radius 1 is 0.917 bits per heavy atom. The van der Waals surface area contributed by atoms with Gasteiger partial charge in [-0.15, -0.1) is 10.2 Å². The number of piperidine rings is 1. The molecule has 1 aliphatic carbocycles. The third-order valence-electron chi connectivity index (χ3n) is 8.07. The highest BCUT2D eigenvalue weighted by molar-refractivity contribution is 5.97. The summed E-state index contributed by atoms with van der Waals surface area (Å²) in [5, 5.41) is 18.8. The molecule has 184 valence electrons. The van der Waals surface area contributed by atoms with Crippen molar-refractivity contribution in [1.82, 2.24) is 25.3 Å². The number of aromatic nitrogens is 4. The molecule has 7 nitrogen and oxygen atoms in total. The lowest BCUT2D eigenvalue weighted by molar-refractivity contribution is 0.152. The van der Waals surface area contributed by atoms with Crippen LogP contribution in [0.15, 0.2) is 57.6 Å². The number of hydrogen-bond acceptors (Lipinski definition) is 6. The van der Waals surface area contributed by atoms with Crippen LogP contribution in [-0.4, -0.2) is 44.9 Å². The average molecular weight is 482 g/mol. The molecule has 0 amide bonds. The number of rotatable bonds is 5. The van der Waals surface area contributed by atoms with Gasteiger partial charge in [0.15, 0.2) is 0 Å². The third kappa shape index (κ3) is 4.11. The lowest BCUT2D eigenvalue weighted by Gasteiger charge is -2.34. The molecule has 36 heavy (non-hydrogen) atoms. The molecule has 4 heterocycles. The fourth-order valence-electron chi connectivity index (χ4n) is 6.16. The Morgan fingerprint density at radius 3 is 2.78 bits per heavy atom. The number of nitrogens with zero attached hydrogens (tertiary/aromatic N) is 4. The number of fused-ring (bicyclic) bond motifs is 2. The van der Waals surface area contributed by atoms with Crippen LogP contribution in [0.25, 0.3) is 44.6 Å². The predicted octanol–water partition coefficient (Wildman–Crippen LogP) is 6.79. The van der Waals surface area contributed by atoms with Gasteiger partial charge in [-0.2, -0.15) is 5.10 Å². The highest BCUT2D eigenvalue weighted by atomic mass is 16.4. The zero-order valence-electron chi connectivity index (χ0n) is 20.4. The molecule has 3 aromatic heterocycles. The lowest BCUT2D eigenvalue weighted by Crippen LogP contribution is -2.38. The van der Waals surface area contributed by atoms with E-state index in [0.29, 0.717) is 11.8 Å². The van der Waals surface area contributed by atoms with Gasteiger partial charge in [0.05, 0.1) is 23.4 Å². The molecule has 0 bridgehead atoms. The molecule has 0 unspecified atom stereocenters. The summed E-state index contributed by atoms with van der Waals surface area (Å²) in [5.74, 6) is 2.53. The van der Waals surface area contributed by atoms with Crippen LogP contribution in [-0.2, 0) is 0 Å². The van der Waals surface area contributed by atoms with Crippen molar-refractivity contribution in [2.75, 3.05) is 19.6 Å². The number of hydrogen-bond donors (Lipinski definition) is 1. The van der Waals surface area contributed by atoms with Gasteiger partial charge in [-0.3, -0.25) is 5.10 Å². The third-order valence-corrected chi connectivity index (χ3v) is 8.07. The summed E-state index contributed by atoms with van der Waals surface area (Å²) < 4.78 is 11.8. The van der Waals surface area contributed by atoms with E-state index in [1.54, 1.807) is 6.26 Å². The molecule has 2 fully saturated rings. The molecular formula is C29H31N5O2. The van der Waals surface area contributed by atoms with Gasteiger partial charge in [0.25, 0.3) is 0 Å². The number of likely N-dealkylation sites (tertiary alicyclic amines) is 1. The maximum Gasteiger partial charge on any atom is 0.247 e. The van der Waals surface area contributed by atoms with Gasteiger partial charge in [0, 0.05) is 35.0 Å². The van der Waals surface area contributed by atoms with Gasteiger partial charge >= 0.3 is 0 Å². The topological polar surface area (TPSA) is 84.0 Å². The van der Waals surface area contributed by atoms with Crippen molar-refractivity contribution >= 4 is 21.9 Å². The predicted molar refractivity (Wildman–Crippen MR) is 140 cm³/mol. The smallest absolute Gasteiger partial charge is 0.247 e. The summed E-state index contributed by atoms with van der Waals surface area (Å²) in [7, 11) is 0. The van der Waals surface area contributed by atoms with Gasteiger partial charge in [-0.1, -0.05) is 19.3 Å². The van der Waals surface area contributed by atoms with Crippen molar-refractivity contribution in [3.8, 4) is 22.7 Å². The Hall–Kier alpha value is -3.45. The molecular weight excluding hydrogens is 450 g/mol. The zero-order valence-corrected chi connectivity index (χ0v) is 20.4. The molecule has 1 N–H and O–H groups in total. The summed E-state index contributed by atoms with van der Waals surface area (Å²) in [4.78, 5) is 2.63. The fourth-order valence-corrected chi connectivity index (χ4v) is 6.16. The van der Waals surface area contributed by atoms with Crippen LogP contribution in [0.4, 0.5) is 0 Å². The van der Waals surface area contributed by atoms with Crippen molar-refractivity contribution in [3.05, 3.63) is 54.6 Å². The van der Waals surface area contributed by atoms with Gasteiger partial charge < -0.3 is 13.7 Å². The Labute approximate surface area is 209 Å². The maximum atomic E-state index is 6.27. The second-order valence-corrected chi connectivity index (χ2v) is 10.6. The highest BCUT2D eigenvalue weighted by Crippen LogP contribution is 2.34. The minimum absolute atomic E-state index is 0.318. The molecule has 1 saturated carbocycles. The highest BCUT2D eigenvalue weighted by Gasteiger charge is 2.28. The Balaban J connectivity index is 1.13. The number of benzene rings is 2. The summed E-state index contributed by atoms with van der Waals surface area (Å²) in [6, 6.07) is 14.3. The molecule has 0 radical (unpaired) electrons. The van der Waals surface area contributed by atoms with E-state index in [0.717, 1.165) is 63.5 Å². The van der Waals surface area contributed by atoms with Gasteiger partial charge in [0.1, 0.15) is 5.58 Å². The van der Waals surface area contributed by atoms with Crippen molar-refractivity contribution in [2.24, 2.45) is 5.92 Å². The Morgan fingerprint density at radius 2 is 1.83 bits per heavy atom. The molecule has 7 heteroatoms. The zero-order chi connectivity index (χ0) is 23.9. The van der Waals surface area contributed by atoms with E-state index in [-0.39, 0.29) is 0 Å². The molecule has 1 atom stereocenters. The number of nitrogens with one attached hydrogen (secondary N) is 1. The number of aromatic amines is 1. The van der Waals surface area contributed by atoms with Crippen LogP contribution in [0.5, 0.6) is 0 Å². The van der Waals surface area contributed by atoms with Gasteiger partial charge in [-0.05, 0) is 80.6 Å². The van der Waals surface area contributed by atoms with Gasteiger partial charge in [-0.25, -0.2) is 0 Å². The van der Waals surface area contributed by atoms with Crippen molar-refractivity contribution in [2.45, 2.75) is 50.9 Å². The van der Waals surface area contributed by atoms with E-state index in [1.165, 1.54) is 51.6 Å². The first-order valence-corrected chi connectivity index (χ1v) is 13.3. The standard InChI is InChI=1S/C29H31N5O2/c1-2-5-19(6-3-1)17-34-13-4-7-23(18-34)29-33-32-28(36-29)22-8-10-25-24(16-22)27(31-30-25)21-9-11-26-20(15-21)12-14-35-26/h8-12,14-16,19,23H,1-7,13,17-18H2,(H,30,31)/t23-/m1/s1.